The van der Waals surface area contributed by atoms with Crippen molar-refractivity contribution >= 4 is 0 Å². The molecule has 0 bridgehead atoms. The lowest BCUT2D eigenvalue weighted by atomic mass is 9.72. The smallest absolute Gasteiger partial charge is 0.138 e. The first-order valence-corrected chi connectivity index (χ1v) is 7.40. The Labute approximate surface area is 115 Å². The SMILES string of the molecule is Cc1noc(C)c1CNCC1(CCO)CCCCC1. The summed E-state index contributed by atoms with van der Waals surface area (Å²) in [5.74, 6) is 0.907. The fourth-order valence-electron chi connectivity index (χ4n) is 3.26. The minimum atomic E-state index is 0.298. The Balaban J connectivity index is 1.89. The van der Waals surface area contributed by atoms with Gasteiger partial charge in [0.25, 0.3) is 0 Å². The van der Waals surface area contributed by atoms with Crippen LogP contribution in [0.3, 0.4) is 0 Å². The van der Waals surface area contributed by atoms with E-state index in [1.807, 2.05) is 13.8 Å². The number of aliphatic hydroxyl groups is 1. The molecule has 0 spiro atoms. The van der Waals surface area contributed by atoms with Gasteiger partial charge in [-0.2, -0.15) is 0 Å². The summed E-state index contributed by atoms with van der Waals surface area (Å²) < 4.78 is 5.18. The molecule has 4 heteroatoms. The monoisotopic (exact) mass is 266 g/mol. The zero-order valence-corrected chi connectivity index (χ0v) is 12.2. The maximum absolute atomic E-state index is 9.30. The van der Waals surface area contributed by atoms with E-state index in [-0.39, 0.29) is 0 Å². The van der Waals surface area contributed by atoms with E-state index in [1.165, 1.54) is 37.7 Å². The molecule has 1 saturated carbocycles. The van der Waals surface area contributed by atoms with Crippen LogP contribution in [0.4, 0.5) is 0 Å². The summed E-state index contributed by atoms with van der Waals surface area (Å²) in [7, 11) is 0. The van der Waals surface area contributed by atoms with Crippen molar-refractivity contribution < 1.29 is 9.63 Å². The van der Waals surface area contributed by atoms with Crippen LogP contribution in [0.5, 0.6) is 0 Å². The molecule has 0 aliphatic heterocycles. The van der Waals surface area contributed by atoms with Crippen LogP contribution in [0, 0.1) is 19.3 Å². The standard InChI is InChI=1S/C15H26N2O2/c1-12-14(13(2)19-17-12)10-16-11-15(8-9-18)6-4-3-5-7-15/h16,18H,3-11H2,1-2H3. The number of aromatic nitrogens is 1. The Morgan fingerprint density at radius 2 is 2.00 bits per heavy atom. The maximum atomic E-state index is 9.30. The number of nitrogens with zero attached hydrogens (tertiary/aromatic N) is 1. The highest BCUT2D eigenvalue weighted by molar-refractivity contribution is 5.20. The van der Waals surface area contributed by atoms with Crippen LogP contribution in [0.1, 0.15) is 55.5 Å². The molecular formula is C15H26N2O2. The van der Waals surface area contributed by atoms with Gasteiger partial charge in [-0.1, -0.05) is 24.4 Å². The topological polar surface area (TPSA) is 58.3 Å². The fraction of sp³-hybridized carbons (Fsp3) is 0.800. The molecule has 1 aliphatic rings. The van der Waals surface area contributed by atoms with E-state index in [0.717, 1.165) is 31.0 Å². The molecule has 1 heterocycles. The summed E-state index contributed by atoms with van der Waals surface area (Å²) in [6.07, 6.45) is 7.34. The third kappa shape index (κ3) is 3.57. The van der Waals surface area contributed by atoms with Crippen molar-refractivity contribution in [3.63, 3.8) is 0 Å². The second kappa shape index (κ2) is 6.53. The van der Waals surface area contributed by atoms with Crippen LogP contribution in [-0.4, -0.2) is 23.4 Å². The normalized spacial score (nSPS) is 18.7. The van der Waals surface area contributed by atoms with Gasteiger partial charge in [0, 0.05) is 25.3 Å². The average Bonchev–Trinajstić information content (AvgIpc) is 2.72. The van der Waals surface area contributed by atoms with Crippen LogP contribution in [0.2, 0.25) is 0 Å². The number of hydrogen-bond donors (Lipinski definition) is 2. The Hall–Kier alpha value is -0.870. The molecule has 19 heavy (non-hydrogen) atoms. The number of aliphatic hydroxyl groups excluding tert-OH is 1. The van der Waals surface area contributed by atoms with Crippen LogP contribution >= 0.6 is 0 Å². The lowest BCUT2D eigenvalue weighted by Crippen LogP contribution is -2.36. The summed E-state index contributed by atoms with van der Waals surface area (Å²) in [4.78, 5) is 0. The van der Waals surface area contributed by atoms with E-state index in [0.29, 0.717) is 12.0 Å². The number of aryl methyl sites for hydroxylation is 2. The van der Waals surface area contributed by atoms with Crippen molar-refractivity contribution in [1.29, 1.82) is 0 Å². The van der Waals surface area contributed by atoms with Gasteiger partial charge in [0.1, 0.15) is 5.76 Å². The van der Waals surface area contributed by atoms with Crippen LogP contribution in [0.15, 0.2) is 4.52 Å². The highest BCUT2D eigenvalue weighted by Crippen LogP contribution is 2.38. The van der Waals surface area contributed by atoms with Gasteiger partial charge in [0.05, 0.1) is 5.69 Å². The third-order valence-corrected chi connectivity index (χ3v) is 4.54. The molecule has 0 atom stereocenters. The van der Waals surface area contributed by atoms with Crippen LogP contribution < -0.4 is 5.32 Å². The second-order valence-electron chi connectivity index (χ2n) is 5.94. The second-order valence-corrected chi connectivity index (χ2v) is 5.94. The molecular weight excluding hydrogens is 240 g/mol. The summed E-state index contributed by atoms with van der Waals surface area (Å²) in [5, 5.41) is 16.8. The number of rotatable bonds is 6. The summed E-state index contributed by atoms with van der Waals surface area (Å²) in [6, 6.07) is 0. The van der Waals surface area contributed by atoms with Gasteiger partial charge in [-0.25, -0.2) is 0 Å². The zero-order chi connectivity index (χ0) is 13.7. The molecule has 1 aliphatic carbocycles. The van der Waals surface area contributed by atoms with Crippen molar-refractivity contribution in [2.45, 2.75) is 58.9 Å². The van der Waals surface area contributed by atoms with Crippen LogP contribution in [-0.2, 0) is 6.54 Å². The molecule has 2 N–H and O–H groups in total. The first-order valence-electron chi connectivity index (χ1n) is 7.40. The lowest BCUT2D eigenvalue weighted by Gasteiger charge is -2.37. The van der Waals surface area contributed by atoms with Crippen molar-refractivity contribution in [3.8, 4) is 0 Å². The van der Waals surface area contributed by atoms with Gasteiger partial charge in [-0.3, -0.25) is 0 Å². The molecule has 1 aromatic rings. The molecule has 2 rings (SSSR count). The quantitative estimate of drug-likeness (QED) is 0.831. The van der Waals surface area contributed by atoms with Gasteiger partial charge >= 0.3 is 0 Å². The summed E-state index contributed by atoms with van der Waals surface area (Å²) >= 11 is 0. The Morgan fingerprint density at radius 1 is 1.26 bits per heavy atom. The van der Waals surface area contributed by atoms with E-state index < -0.39 is 0 Å². The summed E-state index contributed by atoms with van der Waals surface area (Å²) in [5.41, 5.74) is 2.45. The molecule has 0 saturated heterocycles. The van der Waals surface area contributed by atoms with Gasteiger partial charge in [0.15, 0.2) is 0 Å². The van der Waals surface area contributed by atoms with Crippen molar-refractivity contribution in [3.05, 3.63) is 17.0 Å². The molecule has 0 unspecified atom stereocenters. The van der Waals surface area contributed by atoms with Crippen molar-refractivity contribution in [2.75, 3.05) is 13.2 Å². The molecule has 0 aromatic carbocycles. The fourth-order valence-corrected chi connectivity index (χ4v) is 3.26. The molecule has 1 fully saturated rings. The Bertz CT molecular complexity index is 370. The minimum absolute atomic E-state index is 0.298. The van der Waals surface area contributed by atoms with Crippen LogP contribution in [0.25, 0.3) is 0 Å². The van der Waals surface area contributed by atoms with Gasteiger partial charge in [-0.05, 0) is 38.5 Å². The molecule has 0 amide bonds. The Kier molecular flexibility index (Phi) is 4.99. The first kappa shape index (κ1) is 14.5. The maximum Gasteiger partial charge on any atom is 0.138 e. The number of hydrogen-bond acceptors (Lipinski definition) is 4. The van der Waals surface area contributed by atoms with Crippen molar-refractivity contribution in [2.24, 2.45) is 5.41 Å². The molecule has 4 nitrogen and oxygen atoms in total. The largest absolute Gasteiger partial charge is 0.396 e. The van der Waals surface area contributed by atoms with Gasteiger partial charge in [-0.15, -0.1) is 0 Å². The Morgan fingerprint density at radius 3 is 2.58 bits per heavy atom. The third-order valence-electron chi connectivity index (χ3n) is 4.54. The van der Waals surface area contributed by atoms with E-state index >= 15 is 0 Å². The van der Waals surface area contributed by atoms with E-state index in [4.69, 9.17) is 4.52 Å². The van der Waals surface area contributed by atoms with Gasteiger partial charge in [0.2, 0.25) is 0 Å². The number of nitrogens with one attached hydrogen (secondary N) is 1. The molecule has 108 valence electrons. The van der Waals surface area contributed by atoms with E-state index in [2.05, 4.69) is 10.5 Å². The zero-order valence-electron chi connectivity index (χ0n) is 12.2. The minimum Gasteiger partial charge on any atom is -0.396 e. The average molecular weight is 266 g/mol. The molecule has 0 radical (unpaired) electrons. The lowest BCUT2D eigenvalue weighted by molar-refractivity contribution is 0.126. The molecule has 1 aromatic heterocycles. The highest BCUT2D eigenvalue weighted by Gasteiger charge is 2.31. The predicted molar refractivity (Wildman–Crippen MR) is 74.9 cm³/mol. The highest BCUT2D eigenvalue weighted by atomic mass is 16.5. The predicted octanol–water partition coefficient (Wildman–Crippen LogP) is 2.71. The van der Waals surface area contributed by atoms with Crippen molar-refractivity contribution in [1.82, 2.24) is 10.5 Å². The first-order chi connectivity index (χ1) is 9.17. The van der Waals surface area contributed by atoms with E-state index in [9.17, 15) is 5.11 Å². The van der Waals surface area contributed by atoms with Gasteiger partial charge < -0.3 is 14.9 Å². The summed E-state index contributed by atoms with van der Waals surface area (Å²) in [6.45, 7) is 6.04. The van der Waals surface area contributed by atoms with E-state index in [1.54, 1.807) is 0 Å².